The van der Waals surface area contributed by atoms with E-state index in [4.69, 9.17) is 8.83 Å². The van der Waals surface area contributed by atoms with Gasteiger partial charge in [0.15, 0.2) is 0 Å². The third-order valence-electron chi connectivity index (χ3n) is 13.7. The molecule has 2 aliphatic carbocycles. The minimum absolute atomic E-state index is 0. The predicted molar refractivity (Wildman–Crippen MR) is 263 cm³/mol. The van der Waals surface area contributed by atoms with Gasteiger partial charge in [0, 0.05) is 0 Å². The summed E-state index contributed by atoms with van der Waals surface area (Å²) in [6.45, 7) is 29.5. The maximum absolute atomic E-state index is 6.66. The van der Waals surface area contributed by atoms with Gasteiger partial charge in [-0.2, -0.15) is 0 Å². The van der Waals surface area contributed by atoms with Crippen LogP contribution in [0, 0.1) is 41.5 Å². The normalized spacial score (nSPS) is 16.4. The van der Waals surface area contributed by atoms with Crippen molar-refractivity contribution in [3.63, 3.8) is 0 Å². The van der Waals surface area contributed by atoms with Gasteiger partial charge in [-0.25, -0.2) is 0 Å². The van der Waals surface area contributed by atoms with E-state index in [1.54, 1.807) is 0 Å². The van der Waals surface area contributed by atoms with Crippen LogP contribution < -0.4 is 0 Å². The van der Waals surface area contributed by atoms with Gasteiger partial charge in [0.1, 0.15) is 0 Å². The van der Waals surface area contributed by atoms with Crippen molar-refractivity contribution in [2.75, 3.05) is 0 Å². The molecule has 60 heavy (non-hydrogen) atoms. The number of halogens is 2. The second-order valence-corrected chi connectivity index (χ2v) is 51.3. The molecular weight excluding hydrogens is 871 g/mol. The number of furan rings is 2. The molecule has 8 rings (SSSR count). The van der Waals surface area contributed by atoms with Crippen LogP contribution >= 0.6 is 24.8 Å². The first kappa shape index (κ1) is 46.1. The largest absolute Gasteiger partial charge is 0.147 e. The number of hydrogen-bond donors (Lipinski definition) is 0. The fourth-order valence-electron chi connectivity index (χ4n) is 10.4. The van der Waals surface area contributed by atoms with Crippen LogP contribution in [-0.4, -0.2) is 6.88 Å². The second-order valence-electron chi connectivity index (χ2n) is 20.9. The van der Waals surface area contributed by atoms with Crippen molar-refractivity contribution in [3.05, 3.63) is 164 Å². The summed E-state index contributed by atoms with van der Waals surface area (Å²) in [5, 5.41) is 0. The first-order valence-electron chi connectivity index (χ1n) is 21.2. The molecule has 0 amide bonds. The first-order valence-corrected chi connectivity index (χ1v) is 34.9. The van der Waals surface area contributed by atoms with E-state index < -0.39 is 17.4 Å². The number of allylic oxidation sites excluding steroid dienone is 2. The molecule has 0 saturated heterocycles. The minimum Gasteiger partial charge on any atom is -0.147 e. The van der Waals surface area contributed by atoms with Gasteiger partial charge in [0.05, 0.1) is 0 Å². The monoisotopic (exact) mass is 932 g/mol. The summed E-state index contributed by atoms with van der Waals surface area (Å²) in [7, 11) is 0. The van der Waals surface area contributed by atoms with Crippen molar-refractivity contribution >= 4 is 55.0 Å². The van der Waals surface area contributed by atoms with E-state index in [0.29, 0.717) is 0 Å². The minimum atomic E-state index is -4.27. The molecule has 2 aliphatic rings. The topological polar surface area (TPSA) is 26.3 Å². The molecule has 2 unspecified atom stereocenters. The van der Waals surface area contributed by atoms with E-state index in [-0.39, 0.29) is 42.9 Å². The van der Waals surface area contributed by atoms with Gasteiger partial charge in [-0.3, -0.25) is 0 Å². The van der Waals surface area contributed by atoms with E-state index >= 15 is 0 Å². The van der Waals surface area contributed by atoms with Crippen LogP contribution in [0.4, 0.5) is 0 Å². The van der Waals surface area contributed by atoms with Crippen LogP contribution in [-0.2, 0) is 28.2 Å². The number of hydrogen-bond acceptors (Lipinski definition) is 2. The van der Waals surface area contributed by atoms with Gasteiger partial charge in [-0.15, -0.1) is 24.8 Å². The zero-order valence-corrected chi connectivity index (χ0v) is 43.7. The van der Waals surface area contributed by atoms with Gasteiger partial charge in [-0.05, 0) is 0 Å². The van der Waals surface area contributed by atoms with Crippen LogP contribution in [0.25, 0.3) is 45.6 Å². The summed E-state index contributed by atoms with van der Waals surface area (Å²) in [5.41, 5.74) is 21.8. The molecule has 2 nitrogen and oxygen atoms in total. The van der Waals surface area contributed by atoms with E-state index in [2.05, 4.69) is 196 Å². The van der Waals surface area contributed by atoms with Gasteiger partial charge < -0.3 is 0 Å². The van der Waals surface area contributed by atoms with Gasteiger partial charge in [0.2, 0.25) is 0 Å². The van der Waals surface area contributed by atoms with Crippen molar-refractivity contribution in [1.29, 1.82) is 0 Å². The van der Waals surface area contributed by atoms with Crippen LogP contribution in [0.5, 0.6) is 0 Å². The van der Waals surface area contributed by atoms with Crippen molar-refractivity contribution < 1.29 is 26.2 Å². The van der Waals surface area contributed by atoms with Crippen LogP contribution in [0.15, 0.2) is 93.8 Å². The third-order valence-corrected chi connectivity index (χ3v) is 30.9. The standard InChI is InChI=1S/2C26H27O.2CH3.2ClH.H2Si.Zr/c2*1-16-13-20-14-21(24-12-7-17(2)27-24)15-23(20)25(18(16)3)19-8-10-22(11-9-19)26(4,5)6;;;;;;/h2*7-15H,1-6H3;2*1H3;2*1H;1H2;. The summed E-state index contributed by atoms with van der Waals surface area (Å²) in [5.74, 6) is 3.89. The Morgan fingerprint density at radius 1 is 0.500 bits per heavy atom. The molecule has 0 saturated carbocycles. The molecule has 0 spiro atoms. The molecular formula is C54H64Cl2O2SiZr. The summed E-state index contributed by atoms with van der Waals surface area (Å²) < 4.78 is 19.2. The van der Waals surface area contributed by atoms with Crippen molar-refractivity contribution in [2.24, 2.45) is 0 Å². The molecule has 2 heterocycles. The predicted octanol–water partition coefficient (Wildman–Crippen LogP) is 15.7. The Hall–Kier alpha value is -3.40. The molecule has 0 aliphatic heterocycles. The average molecular weight is 935 g/mol. The first-order chi connectivity index (χ1) is 27.0. The molecule has 6 aromatic rings. The molecule has 314 valence electrons. The molecule has 0 radical (unpaired) electrons. The smallest absolute Gasteiger partial charge is 0.147 e. The Kier molecular flexibility index (Phi) is 12.1. The second kappa shape index (κ2) is 15.7. The van der Waals surface area contributed by atoms with Crippen molar-refractivity contribution in [2.45, 2.75) is 110 Å². The fourth-order valence-corrected chi connectivity index (χ4v) is 28.7. The summed E-state index contributed by atoms with van der Waals surface area (Å²) >= 11 is -4.27. The fraction of sp³-hybridized carbons (Fsp3) is 0.333. The van der Waals surface area contributed by atoms with E-state index in [0.717, 1.165) is 23.0 Å². The third kappa shape index (κ3) is 7.71. The summed E-state index contributed by atoms with van der Waals surface area (Å²) in [6.07, 6.45) is 5.04. The molecule has 0 fully saturated rings. The number of fused-ring (bicyclic) bond motifs is 2. The Balaban J connectivity index is 0.00000302. The number of aryl methyl sites for hydroxylation is 4. The van der Waals surface area contributed by atoms with Crippen LogP contribution in [0.3, 0.4) is 0 Å². The summed E-state index contributed by atoms with van der Waals surface area (Å²) in [4.78, 5) is 0. The maximum Gasteiger partial charge on any atom is -0.147 e. The Labute approximate surface area is 374 Å². The maximum atomic E-state index is 6.66. The van der Waals surface area contributed by atoms with Gasteiger partial charge in [0.25, 0.3) is 0 Å². The Bertz CT molecular complexity index is 2590. The van der Waals surface area contributed by atoms with Crippen molar-refractivity contribution in [1.82, 2.24) is 0 Å². The van der Waals surface area contributed by atoms with Gasteiger partial charge in [-0.1, -0.05) is 0 Å². The van der Waals surface area contributed by atoms with Crippen LogP contribution in [0.2, 0.25) is 9.26 Å². The SMILES string of the molecule is Cc1ccc(C2=Cc3c(cc(C)c(C)c3-c3ccc(C(C)(C)C)cc3)[CH]2[Zr]([CH3])([CH3])(=[SiH2])[CH]2C(c3ccc(C)o3)=Cc3c2cc(C)c(C)c3-c2ccc(C(C)(C)C)cc2)o1.Cl.Cl. The molecule has 0 bridgehead atoms. The quantitative estimate of drug-likeness (QED) is 0.156. The number of rotatable bonds is 6. The molecule has 4 aromatic carbocycles. The van der Waals surface area contributed by atoms with E-state index in [1.807, 2.05) is 0 Å². The molecule has 6 heteroatoms. The molecule has 2 aromatic heterocycles. The Morgan fingerprint density at radius 3 is 1.12 bits per heavy atom. The zero-order valence-electron chi connectivity index (χ0n) is 38.2. The van der Waals surface area contributed by atoms with Crippen LogP contribution in [0.1, 0.15) is 127 Å². The molecule has 2 atom stereocenters. The average Bonchev–Trinajstić information content (AvgIpc) is 3.94. The summed E-state index contributed by atoms with van der Waals surface area (Å²) in [6, 6.07) is 32.5. The zero-order chi connectivity index (χ0) is 41.9. The van der Waals surface area contributed by atoms with E-state index in [1.165, 1.54) is 89.0 Å². The Morgan fingerprint density at radius 2 is 0.833 bits per heavy atom. The number of benzene rings is 4. The van der Waals surface area contributed by atoms with Crippen molar-refractivity contribution in [3.8, 4) is 22.3 Å². The molecule has 0 N–H and O–H groups in total. The van der Waals surface area contributed by atoms with E-state index in [9.17, 15) is 0 Å². The van der Waals surface area contributed by atoms with Gasteiger partial charge >= 0.3 is 353 Å².